The van der Waals surface area contributed by atoms with Crippen molar-refractivity contribution in [3.05, 3.63) is 40.2 Å². The van der Waals surface area contributed by atoms with Gasteiger partial charge in [0.2, 0.25) is 5.76 Å². The summed E-state index contributed by atoms with van der Waals surface area (Å²) in [6.45, 7) is 0.154. The fraction of sp³-hybridized carbons (Fsp3) is 0.308. The van der Waals surface area contributed by atoms with Gasteiger partial charge in [-0.25, -0.2) is 0 Å². The molecule has 1 aromatic carbocycles. The zero-order valence-corrected chi connectivity index (χ0v) is 11.3. The van der Waals surface area contributed by atoms with Crippen molar-refractivity contribution in [1.82, 2.24) is 0 Å². The van der Waals surface area contributed by atoms with E-state index in [9.17, 15) is 23.1 Å². The molecule has 0 saturated heterocycles. The van der Waals surface area contributed by atoms with Crippen molar-refractivity contribution in [1.29, 1.82) is 0 Å². The van der Waals surface area contributed by atoms with E-state index in [1.165, 1.54) is 18.2 Å². The van der Waals surface area contributed by atoms with Gasteiger partial charge in [-0.1, -0.05) is 0 Å². The minimum Gasteiger partial charge on any atom is -0.451 e. The number of aliphatic hydroxyl groups excluding tert-OH is 1. The number of benzene rings is 1. The second-order valence-corrected chi connectivity index (χ2v) is 4.68. The summed E-state index contributed by atoms with van der Waals surface area (Å²) in [5, 5.41) is 12.2. The Morgan fingerprint density at radius 3 is 2.67 bits per heavy atom. The standard InChI is InChI=1S/C13H11ClF3NO3/c14-5-8(19)6-18-7-1-2-11-9(3-7)10(20)4-12(21-11)13(15,16)17/h1-4,8,18-19H,5-6H2. The Kier molecular flexibility index (Phi) is 4.43. The highest BCUT2D eigenvalue weighted by Crippen LogP contribution is 2.30. The van der Waals surface area contributed by atoms with Gasteiger partial charge in [-0.3, -0.25) is 4.79 Å². The topological polar surface area (TPSA) is 62.5 Å². The number of alkyl halides is 4. The van der Waals surface area contributed by atoms with E-state index in [2.05, 4.69) is 9.73 Å². The number of anilines is 1. The van der Waals surface area contributed by atoms with E-state index in [0.717, 1.165) is 0 Å². The van der Waals surface area contributed by atoms with Gasteiger partial charge in [-0.2, -0.15) is 13.2 Å². The summed E-state index contributed by atoms with van der Waals surface area (Å²) < 4.78 is 42.3. The molecule has 0 aliphatic rings. The smallest absolute Gasteiger partial charge is 0.449 e. The van der Waals surface area contributed by atoms with Gasteiger partial charge in [0, 0.05) is 18.3 Å². The molecule has 0 saturated carbocycles. The molecule has 114 valence electrons. The number of fused-ring (bicyclic) bond motifs is 1. The van der Waals surface area contributed by atoms with Crippen molar-refractivity contribution in [2.75, 3.05) is 17.7 Å². The van der Waals surface area contributed by atoms with Crippen LogP contribution in [0.25, 0.3) is 11.0 Å². The van der Waals surface area contributed by atoms with Crippen LogP contribution in [0.1, 0.15) is 5.76 Å². The van der Waals surface area contributed by atoms with Crippen molar-refractivity contribution in [3.63, 3.8) is 0 Å². The third-order valence-electron chi connectivity index (χ3n) is 2.73. The Hall–Kier alpha value is -1.73. The van der Waals surface area contributed by atoms with Crippen LogP contribution in [0.3, 0.4) is 0 Å². The van der Waals surface area contributed by atoms with Gasteiger partial charge in [0.25, 0.3) is 0 Å². The highest BCUT2D eigenvalue weighted by Gasteiger charge is 2.34. The SMILES string of the molecule is O=c1cc(C(F)(F)F)oc2ccc(NCC(O)CCl)cc12. The van der Waals surface area contributed by atoms with Crippen LogP contribution in [0.2, 0.25) is 0 Å². The monoisotopic (exact) mass is 321 g/mol. The molecule has 0 spiro atoms. The third kappa shape index (κ3) is 3.68. The van der Waals surface area contributed by atoms with Gasteiger partial charge >= 0.3 is 6.18 Å². The van der Waals surface area contributed by atoms with E-state index in [1.54, 1.807) is 0 Å². The molecular weight excluding hydrogens is 311 g/mol. The predicted molar refractivity (Wildman–Crippen MR) is 72.7 cm³/mol. The van der Waals surface area contributed by atoms with Crippen molar-refractivity contribution < 1.29 is 22.7 Å². The zero-order valence-electron chi connectivity index (χ0n) is 10.6. The van der Waals surface area contributed by atoms with Gasteiger partial charge in [0.1, 0.15) is 5.58 Å². The van der Waals surface area contributed by atoms with Crippen molar-refractivity contribution in [2.45, 2.75) is 12.3 Å². The van der Waals surface area contributed by atoms with Crippen molar-refractivity contribution >= 4 is 28.3 Å². The Balaban J connectivity index is 2.36. The number of nitrogens with one attached hydrogen (secondary N) is 1. The summed E-state index contributed by atoms with van der Waals surface area (Å²) in [7, 11) is 0. The fourth-order valence-corrected chi connectivity index (χ4v) is 1.81. The molecule has 1 heterocycles. The molecule has 2 N–H and O–H groups in total. The quantitative estimate of drug-likeness (QED) is 0.850. The Labute approximate surface area is 122 Å². The molecule has 8 heteroatoms. The van der Waals surface area contributed by atoms with Gasteiger partial charge < -0.3 is 14.8 Å². The summed E-state index contributed by atoms with van der Waals surface area (Å²) in [5.74, 6) is -1.30. The lowest BCUT2D eigenvalue weighted by atomic mass is 10.2. The van der Waals surface area contributed by atoms with Crippen LogP contribution in [0, 0.1) is 0 Å². The third-order valence-corrected chi connectivity index (χ3v) is 3.08. The number of hydrogen-bond donors (Lipinski definition) is 2. The van der Waals surface area contributed by atoms with Crippen LogP contribution in [0.5, 0.6) is 0 Å². The molecule has 21 heavy (non-hydrogen) atoms. The van der Waals surface area contributed by atoms with E-state index in [1.807, 2.05) is 0 Å². The Morgan fingerprint density at radius 1 is 1.33 bits per heavy atom. The lowest BCUT2D eigenvalue weighted by Gasteiger charge is -2.11. The Bertz CT molecular complexity index is 699. The molecular formula is C13H11ClF3NO3. The van der Waals surface area contributed by atoms with E-state index in [-0.39, 0.29) is 23.4 Å². The average molecular weight is 322 g/mol. The lowest BCUT2D eigenvalue weighted by molar-refractivity contribution is -0.152. The molecule has 0 amide bonds. The van der Waals surface area contributed by atoms with Gasteiger partial charge in [0.15, 0.2) is 5.43 Å². The second kappa shape index (κ2) is 5.95. The van der Waals surface area contributed by atoms with Gasteiger partial charge in [-0.05, 0) is 18.2 Å². The minimum atomic E-state index is -4.71. The minimum absolute atomic E-state index is 0.0216. The molecule has 4 nitrogen and oxygen atoms in total. The maximum Gasteiger partial charge on any atom is 0.449 e. The van der Waals surface area contributed by atoms with Crippen LogP contribution in [0.4, 0.5) is 18.9 Å². The van der Waals surface area contributed by atoms with E-state index in [4.69, 9.17) is 11.6 Å². The first kappa shape index (κ1) is 15.7. The summed E-state index contributed by atoms with van der Waals surface area (Å²) >= 11 is 5.44. The van der Waals surface area contributed by atoms with Gasteiger partial charge in [-0.15, -0.1) is 11.6 Å². The van der Waals surface area contributed by atoms with E-state index >= 15 is 0 Å². The van der Waals surface area contributed by atoms with Gasteiger partial charge in [0.05, 0.1) is 17.4 Å². The maximum absolute atomic E-state index is 12.5. The Morgan fingerprint density at radius 2 is 2.05 bits per heavy atom. The molecule has 0 radical (unpaired) electrons. The largest absolute Gasteiger partial charge is 0.451 e. The molecule has 0 bridgehead atoms. The molecule has 0 fully saturated rings. The van der Waals surface area contributed by atoms with E-state index < -0.39 is 23.5 Å². The van der Waals surface area contributed by atoms with Crippen molar-refractivity contribution in [2.24, 2.45) is 0 Å². The molecule has 2 rings (SSSR count). The predicted octanol–water partition coefficient (Wildman–Crippen LogP) is 2.82. The first-order valence-electron chi connectivity index (χ1n) is 5.94. The molecule has 1 atom stereocenters. The summed E-state index contributed by atoms with van der Waals surface area (Å²) in [4.78, 5) is 11.7. The highest BCUT2D eigenvalue weighted by atomic mass is 35.5. The highest BCUT2D eigenvalue weighted by molar-refractivity contribution is 6.18. The number of aliphatic hydroxyl groups is 1. The molecule has 0 aliphatic carbocycles. The van der Waals surface area contributed by atoms with Crippen LogP contribution < -0.4 is 10.7 Å². The molecule has 2 aromatic rings. The zero-order chi connectivity index (χ0) is 15.6. The molecule has 1 aromatic heterocycles. The lowest BCUT2D eigenvalue weighted by Crippen LogP contribution is -2.20. The normalized spacial score (nSPS) is 13.4. The van der Waals surface area contributed by atoms with Crippen LogP contribution in [0.15, 0.2) is 33.5 Å². The first-order valence-corrected chi connectivity index (χ1v) is 6.47. The number of halogens is 4. The number of rotatable bonds is 4. The summed E-state index contributed by atoms with van der Waals surface area (Å²) in [6, 6.07) is 4.50. The average Bonchev–Trinajstić information content (AvgIpc) is 2.43. The first-order chi connectivity index (χ1) is 9.81. The summed E-state index contributed by atoms with van der Waals surface area (Å²) in [6.07, 6.45) is -5.49. The van der Waals surface area contributed by atoms with Crippen LogP contribution in [-0.4, -0.2) is 23.6 Å². The molecule has 0 aliphatic heterocycles. The van der Waals surface area contributed by atoms with Crippen LogP contribution >= 0.6 is 11.6 Å². The maximum atomic E-state index is 12.5. The van der Waals surface area contributed by atoms with Crippen molar-refractivity contribution in [3.8, 4) is 0 Å². The number of hydrogen-bond acceptors (Lipinski definition) is 4. The van der Waals surface area contributed by atoms with Crippen LogP contribution in [-0.2, 0) is 6.18 Å². The fourth-order valence-electron chi connectivity index (χ4n) is 1.70. The van der Waals surface area contributed by atoms with E-state index in [0.29, 0.717) is 11.8 Å². The second-order valence-electron chi connectivity index (χ2n) is 4.37. The molecule has 1 unspecified atom stereocenters. The summed E-state index contributed by atoms with van der Waals surface area (Å²) in [5.41, 5.74) is -0.470.